The van der Waals surface area contributed by atoms with Crippen molar-refractivity contribution in [3.8, 4) is 0 Å². The van der Waals surface area contributed by atoms with Gasteiger partial charge in [-0.15, -0.1) is 0 Å². The SMILES string of the molecule is C=CC(=O)O.C=CC(N)=O.CCC(C)S(=O)(=O)O. The molecule has 0 bridgehead atoms. The summed E-state index contributed by atoms with van der Waals surface area (Å²) in [5.74, 6) is -1.46. The first-order valence-electron chi connectivity index (χ1n) is 4.76. The van der Waals surface area contributed by atoms with E-state index in [1.165, 1.54) is 6.92 Å². The first-order valence-corrected chi connectivity index (χ1v) is 6.26. The van der Waals surface area contributed by atoms with Crippen LogP contribution in [0.25, 0.3) is 0 Å². The molecular weight excluding hydrogens is 262 g/mol. The lowest BCUT2D eigenvalue weighted by atomic mass is 10.4. The number of hydrogen-bond donors (Lipinski definition) is 3. The Morgan fingerprint density at radius 2 is 1.61 bits per heavy atom. The van der Waals surface area contributed by atoms with Crippen molar-refractivity contribution in [2.24, 2.45) is 5.73 Å². The standard InChI is InChI=1S/C4H10O3S.C3H5NO.C3H4O2/c1-3-4(2)8(5,6)7;2*1-2-3(4)5/h4H,3H2,1-2H3,(H,5,6,7);2H,1H2,(H2,4,5);2H,1H2,(H,4,5). The Hall–Kier alpha value is -1.67. The second-order valence-electron chi connectivity index (χ2n) is 2.88. The Bertz CT molecular complexity index is 356. The molecule has 0 aliphatic heterocycles. The van der Waals surface area contributed by atoms with Gasteiger partial charge in [-0.25, -0.2) is 4.79 Å². The first-order chi connectivity index (χ1) is 8.02. The molecule has 0 radical (unpaired) electrons. The van der Waals surface area contributed by atoms with E-state index in [2.05, 4.69) is 18.9 Å². The predicted molar refractivity (Wildman–Crippen MR) is 68.5 cm³/mol. The molecule has 0 heterocycles. The van der Waals surface area contributed by atoms with Gasteiger partial charge < -0.3 is 10.8 Å². The van der Waals surface area contributed by atoms with E-state index in [9.17, 15) is 18.0 Å². The Morgan fingerprint density at radius 3 is 1.61 bits per heavy atom. The van der Waals surface area contributed by atoms with Crippen LogP contribution in [0.2, 0.25) is 0 Å². The van der Waals surface area contributed by atoms with Gasteiger partial charge in [0.25, 0.3) is 10.1 Å². The molecule has 8 heteroatoms. The van der Waals surface area contributed by atoms with E-state index >= 15 is 0 Å². The van der Waals surface area contributed by atoms with Crippen LogP contribution >= 0.6 is 0 Å². The van der Waals surface area contributed by atoms with E-state index in [1.54, 1.807) is 6.92 Å². The highest BCUT2D eigenvalue weighted by molar-refractivity contribution is 7.86. The predicted octanol–water partition coefficient (Wildman–Crippen LogP) is 0.587. The van der Waals surface area contributed by atoms with Crippen molar-refractivity contribution in [3.63, 3.8) is 0 Å². The summed E-state index contributed by atoms with van der Waals surface area (Å²) in [5.41, 5.74) is 4.53. The Balaban J connectivity index is -0.000000197. The number of nitrogens with two attached hydrogens (primary N) is 1. The average molecular weight is 281 g/mol. The lowest BCUT2D eigenvalue weighted by Gasteiger charge is -2.00. The molecule has 0 spiro atoms. The van der Waals surface area contributed by atoms with Crippen molar-refractivity contribution in [3.05, 3.63) is 25.3 Å². The number of hydrogen-bond acceptors (Lipinski definition) is 4. The largest absolute Gasteiger partial charge is 0.478 e. The lowest BCUT2D eigenvalue weighted by Crippen LogP contribution is -2.14. The molecule has 0 fully saturated rings. The molecule has 0 rings (SSSR count). The van der Waals surface area contributed by atoms with E-state index < -0.39 is 27.2 Å². The molecule has 4 N–H and O–H groups in total. The van der Waals surface area contributed by atoms with E-state index in [0.29, 0.717) is 6.42 Å². The molecule has 1 unspecified atom stereocenters. The van der Waals surface area contributed by atoms with E-state index in [1.807, 2.05) is 0 Å². The van der Waals surface area contributed by atoms with Crippen LogP contribution in [0.1, 0.15) is 20.3 Å². The maximum Gasteiger partial charge on any atom is 0.327 e. The van der Waals surface area contributed by atoms with Gasteiger partial charge in [0.05, 0.1) is 5.25 Å². The van der Waals surface area contributed by atoms with Crippen molar-refractivity contribution in [1.29, 1.82) is 0 Å². The van der Waals surface area contributed by atoms with Gasteiger partial charge in [0.1, 0.15) is 0 Å². The van der Waals surface area contributed by atoms with Gasteiger partial charge in [0.15, 0.2) is 0 Å². The minimum atomic E-state index is -3.75. The highest BCUT2D eigenvalue weighted by Gasteiger charge is 2.13. The zero-order valence-electron chi connectivity index (χ0n) is 10.4. The molecule has 0 aliphatic rings. The smallest absolute Gasteiger partial charge is 0.327 e. The number of amides is 1. The summed E-state index contributed by atoms with van der Waals surface area (Å²) >= 11 is 0. The minimum absolute atomic E-state index is 0.457. The molecule has 1 amide bonds. The fourth-order valence-electron chi connectivity index (χ4n) is 0.211. The van der Waals surface area contributed by atoms with Gasteiger partial charge in [-0.1, -0.05) is 20.1 Å². The Morgan fingerprint density at radius 1 is 1.33 bits per heavy atom. The summed E-state index contributed by atoms with van der Waals surface area (Å²) < 4.78 is 28.5. The van der Waals surface area contributed by atoms with Crippen LogP contribution in [-0.2, 0) is 19.7 Å². The summed E-state index contributed by atoms with van der Waals surface area (Å²) in [6, 6.07) is 0. The Labute approximate surface area is 107 Å². The van der Waals surface area contributed by atoms with Gasteiger partial charge in [0, 0.05) is 6.08 Å². The molecule has 0 aromatic heterocycles. The van der Waals surface area contributed by atoms with Crippen LogP contribution in [0.15, 0.2) is 25.3 Å². The normalized spacial score (nSPS) is 10.6. The van der Waals surface area contributed by atoms with Crippen molar-refractivity contribution in [2.45, 2.75) is 25.5 Å². The van der Waals surface area contributed by atoms with Crippen LogP contribution in [0.3, 0.4) is 0 Å². The molecule has 0 saturated carbocycles. The number of carbonyl (C=O) groups excluding carboxylic acids is 1. The number of carbonyl (C=O) groups is 2. The third-order valence-corrected chi connectivity index (χ3v) is 2.81. The van der Waals surface area contributed by atoms with E-state index in [0.717, 1.165) is 12.2 Å². The molecule has 106 valence electrons. The summed E-state index contributed by atoms with van der Waals surface area (Å²) in [6.07, 6.45) is 2.35. The molecule has 0 aromatic rings. The zero-order chi connectivity index (χ0) is 15.4. The minimum Gasteiger partial charge on any atom is -0.478 e. The second-order valence-corrected chi connectivity index (χ2v) is 4.72. The fraction of sp³-hybridized carbons (Fsp3) is 0.400. The van der Waals surface area contributed by atoms with Gasteiger partial charge in [-0.2, -0.15) is 8.42 Å². The number of aliphatic carboxylic acids is 1. The quantitative estimate of drug-likeness (QED) is 0.509. The number of primary amides is 1. The maximum absolute atomic E-state index is 10.1. The van der Waals surface area contributed by atoms with Crippen LogP contribution in [0, 0.1) is 0 Å². The second kappa shape index (κ2) is 11.8. The van der Waals surface area contributed by atoms with Gasteiger partial charge in [-0.05, 0) is 19.4 Å². The molecule has 0 saturated heterocycles. The van der Waals surface area contributed by atoms with Crippen LogP contribution in [0.4, 0.5) is 0 Å². The van der Waals surface area contributed by atoms with Crippen LogP contribution in [-0.4, -0.2) is 35.2 Å². The molecule has 1 atom stereocenters. The molecule has 0 aliphatic carbocycles. The molecule has 7 nitrogen and oxygen atoms in total. The maximum atomic E-state index is 10.1. The third-order valence-electron chi connectivity index (χ3n) is 1.46. The van der Waals surface area contributed by atoms with Gasteiger partial charge in [0.2, 0.25) is 5.91 Å². The summed E-state index contributed by atoms with van der Waals surface area (Å²) in [7, 11) is -3.75. The number of rotatable bonds is 4. The van der Waals surface area contributed by atoms with Crippen molar-refractivity contribution in [2.75, 3.05) is 0 Å². The number of carboxylic acids is 1. The molecule has 0 aromatic carbocycles. The highest BCUT2D eigenvalue weighted by atomic mass is 32.2. The fourth-order valence-corrected chi connectivity index (χ4v) is 0.632. The topological polar surface area (TPSA) is 135 Å². The van der Waals surface area contributed by atoms with Crippen molar-refractivity contribution >= 4 is 22.0 Å². The van der Waals surface area contributed by atoms with Gasteiger partial charge in [-0.3, -0.25) is 9.35 Å². The van der Waals surface area contributed by atoms with Crippen LogP contribution in [0.5, 0.6) is 0 Å². The lowest BCUT2D eigenvalue weighted by molar-refractivity contribution is -0.131. The average Bonchev–Trinajstić information content (AvgIpc) is 2.28. The zero-order valence-corrected chi connectivity index (χ0v) is 11.2. The van der Waals surface area contributed by atoms with E-state index in [-0.39, 0.29) is 0 Å². The Kier molecular flexibility index (Phi) is 14.2. The first kappa shape index (κ1) is 21.6. The number of carboxylic acid groups (broad SMARTS) is 1. The van der Waals surface area contributed by atoms with E-state index in [4.69, 9.17) is 9.66 Å². The summed E-state index contributed by atoms with van der Waals surface area (Å²) in [4.78, 5) is 18.7. The van der Waals surface area contributed by atoms with Crippen molar-refractivity contribution < 1.29 is 27.7 Å². The highest BCUT2D eigenvalue weighted by Crippen LogP contribution is 1.99. The molecular formula is C10H19NO6S. The summed E-state index contributed by atoms with van der Waals surface area (Å²) in [6.45, 7) is 9.22. The monoisotopic (exact) mass is 281 g/mol. The van der Waals surface area contributed by atoms with Gasteiger partial charge >= 0.3 is 5.97 Å². The van der Waals surface area contributed by atoms with Crippen LogP contribution < -0.4 is 5.73 Å². The van der Waals surface area contributed by atoms with Crippen molar-refractivity contribution in [1.82, 2.24) is 0 Å². The summed E-state index contributed by atoms with van der Waals surface area (Å²) in [5, 5.41) is 6.98. The third kappa shape index (κ3) is 23.9. The molecule has 18 heavy (non-hydrogen) atoms.